The van der Waals surface area contributed by atoms with Crippen molar-refractivity contribution in [3.63, 3.8) is 0 Å². The van der Waals surface area contributed by atoms with Gasteiger partial charge in [-0.15, -0.1) is 0 Å². The summed E-state index contributed by atoms with van der Waals surface area (Å²) in [4.78, 5) is 24.9. The number of carbonyl (C=O) groups excluding carboxylic acids is 2. The fourth-order valence-corrected chi connectivity index (χ4v) is 3.49. The largest absolute Gasteiger partial charge is 0.454 e. The van der Waals surface area contributed by atoms with Crippen molar-refractivity contribution in [2.45, 2.75) is 6.92 Å². The first kappa shape index (κ1) is 21.7. The van der Waals surface area contributed by atoms with Crippen molar-refractivity contribution < 1.29 is 19.1 Å². The van der Waals surface area contributed by atoms with Gasteiger partial charge in [0.15, 0.2) is 11.5 Å². The molecule has 1 aliphatic heterocycles. The molecule has 0 saturated carbocycles. The summed E-state index contributed by atoms with van der Waals surface area (Å²) in [7, 11) is 0. The Labute approximate surface area is 193 Å². The summed E-state index contributed by atoms with van der Waals surface area (Å²) >= 11 is 12.0. The van der Waals surface area contributed by atoms with Gasteiger partial charge >= 0.3 is 0 Å². The predicted molar refractivity (Wildman–Crippen MR) is 123 cm³/mol. The van der Waals surface area contributed by atoms with Gasteiger partial charge in [0, 0.05) is 16.3 Å². The van der Waals surface area contributed by atoms with Crippen molar-refractivity contribution in [2.75, 3.05) is 12.1 Å². The summed E-state index contributed by atoms with van der Waals surface area (Å²) in [5, 5.41) is 7.66. The maximum atomic E-state index is 12.5. The Morgan fingerprint density at radius 2 is 1.72 bits per heavy atom. The van der Waals surface area contributed by atoms with Crippen LogP contribution in [0.25, 0.3) is 0 Å². The van der Waals surface area contributed by atoms with Crippen molar-refractivity contribution in [2.24, 2.45) is 5.10 Å². The number of rotatable bonds is 5. The first-order chi connectivity index (χ1) is 15.4. The Balaban J connectivity index is 1.44. The predicted octanol–water partition coefficient (Wildman–Crippen LogP) is 5.13. The van der Waals surface area contributed by atoms with Crippen molar-refractivity contribution >= 4 is 46.4 Å². The van der Waals surface area contributed by atoms with E-state index in [0.717, 1.165) is 5.56 Å². The number of halogens is 2. The van der Waals surface area contributed by atoms with Crippen LogP contribution in [0.1, 0.15) is 33.2 Å². The third-order valence-corrected chi connectivity index (χ3v) is 5.22. The highest BCUT2D eigenvalue weighted by Gasteiger charge is 2.16. The topological polar surface area (TPSA) is 89.0 Å². The van der Waals surface area contributed by atoms with Crippen LogP contribution in [-0.4, -0.2) is 24.3 Å². The van der Waals surface area contributed by atoms with Gasteiger partial charge < -0.3 is 14.8 Å². The molecule has 0 aromatic heterocycles. The number of hydrazone groups is 1. The number of hydrogen-bond donors (Lipinski definition) is 2. The lowest BCUT2D eigenvalue weighted by Crippen LogP contribution is -2.19. The van der Waals surface area contributed by atoms with Gasteiger partial charge in [-0.25, -0.2) is 5.43 Å². The maximum absolute atomic E-state index is 12.5. The minimum Gasteiger partial charge on any atom is -0.454 e. The van der Waals surface area contributed by atoms with Crippen LogP contribution in [-0.2, 0) is 0 Å². The van der Waals surface area contributed by atoms with Crippen LogP contribution < -0.4 is 20.2 Å². The van der Waals surface area contributed by atoms with Crippen molar-refractivity contribution in [1.82, 2.24) is 5.43 Å². The second-order valence-corrected chi connectivity index (χ2v) is 7.71. The molecule has 0 spiro atoms. The van der Waals surface area contributed by atoms with E-state index in [1.807, 2.05) is 6.07 Å². The summed E-state index contributed by atoms with van der Waals surface area (Å²) in [5.41, 5.74) is 5.05. The number of fused-ring (bicyclic) bond motifs is 1. The number of benzene rings is 3. The molecule has 1 heterocycles. The van der Waals surface area contributed by atoms with Crippen molar-refractivity contribution in [1.29, 1.82) is 0 Å². The molecule has 0 bridgehead atoms. The minimum absolute atomic E-state index is 0.134. The van der Waals surface area contributed by atoms with Crippen LogP contribution in [0.3, 0.4) is 0 Å². The number of nitrogens with zero attached hydrogens (tertiary/aromatic N) is 1. The average molecular weight is 470 g/mol. The molecule has 0 radical (unpaired) electrons. The van der Waals surface area contributed by atoms with Crippen molar-refractivity contribution in [3.8, 4) is 11.5 Å². The quantitative estimate of drug-likeness (QED) is 0.400. The third kappa shape index (κ3) is 4.85. The second kappa shape index (κ2) is 9.30. The fourth-order valence-electron chi connectivity index (χ4n) is 3.00. The molecule has 32 heavy (non-hydrogen) atoms. The fraction of sp³-hybridized carbons (Fsp3) is 0.0870. The molecular weight excluding hydrogens is 453 g/mol. The van der Waals surface area contributed by atoms with Gasteiger partial charge in [-0.05, 0) is 61.0 Å². The number of ether oxygens (including phenoxy) is 2. The highest BCUT2D eigenvalue weighted by molar-refractivity contribution is 6.37. The van der Waals surface area contributed by atoms with Gasteiger partial charge in [0.1, 0.15) is 0 Å². The summed E-state index contributed by atoms with van der Waals surface area (Å²) < 4.78 is 10.5. The molecule has 7 nitrogen and oxygen atoms in total. The molecule has 0 aliphatic carbocycles. The van der Waals surface area contributed by atoms with E-state index in [2.05, 4.69) is 15.8 Å². The van der Waals surface area contributed by atoms with E-state index in [0.29, 0.717) is 39.0 Å². The van der Waals surface area contributed by atoms with Crippen LogP contribution in [0.2, 0.25) is 10.0 Å². The molecule has 3 aromatic carbocycles. The molecule has 2 amide bonds. The Bertz CT molecular complexity index is 1240. The standard InChI is InChI=1S/C23H17Cl2N3O4/c1-13(27-28-22(29)15-5-8-20-21(10-15)32-12-31-20)14-3-2-4-17(9-14)26-23(30)18-7-6-16(24)11-19(18)25/h2-11H,12H2,1H3,(H,26,30)(H,28,29). The zero-order valence-corrected chi connectivity index (χ0v) is 18.3. The van der Waals surface area contributed by atoms with Gasteiger partial charge in [-0.2, -0.15) is 5.10 Å². The molecule has 4 rings (SSSR count). The summed E-state index contributed by atoms with van der Waals surface area (Å²) in [6.45, 7) is 1.88. The van der Waals surface area contributed by atoms with Crippen LogP contribution in [0.15, 0.2) is 65.8 Å². The molecular formula is C23H17Cl2N3O4. The molecule has 0 atom stereocenters. The highest BCUT2D eigenvalue weighted by atomic mass is 35.5. The highest BCUT2D eigenvalue weighted by Crippen LogP contribution is 2.32. The van der Waals surface area contributed by atoms with E-state index in [9.17, 15) is 9.59 Å². The van der Waals surface area contributed by atoms with Crippen LogP contribution in [0, 0.1) is 0 Å². The summed E-state index contributed by atoms with van der Waals surface area (Å²) in [5.74, 6) is 0.363. The lowest BCUT2D eigenvalue weighted by atomic mass is 10.1. The van der Waals surface area contributed by atoms with Crippen LogP contribution in [0.4, 0.5) is 5.69 Å². The third-order valence-electron chi connectivity index (χ3n) is 4.67. The number of nitrogens with one attached hydrogen (secondary N) is 2. The number of hydrogen-bond acceptors (Lipinski definition) is 5. The molecule has 0 fully saturated rings. The van der Waals surface area contributed by atoms with Gasteiger partial charge in [0.05, 0.1) is 16.3 Å². The summed E-state index contributed by atoms with van der Waals surface area (Å²) in [6, 6.07) is 16.6. The molecule has 3 aromatic rings. The van der Waals surface area contributed by atoms with E-state index in [1.54, 1.807) is 55.5 Å². The van der Waals surface area contributed by atoms with E-state index in [1.165, 1.54) is 6.07 Å². The Hall–Kier alpha value is -3.55. The zero-order valence-electron chi connectivity index (χ0n) is 16.8. The molecule has 9 heteroatoms. The molecule has 0 saturated heterocycles. The van der Waals surface area contributed by atoms with Gasteiger partial charge in [0.25, 0.3) is 11.8 Å². The molecule has 1 aliphatic rings. The lowest BCUT2D eigenvalue weighted by molar-refractivity contribution is 0.0953. The van der Waals surface area contributed by atoms with E-state index >= 15 is 0 Å². The molecule has 2 N–H and O–H groups in total. The smallest absolute Gasteiger partial charge is 0.271 e. The average Bonchev–Trinajstić information content (AvgIpc) is 3.25. The second-order valence-electron chi connectivity index (χ2n) is 6.87. The first-order valence-corrected chi connectivity index (χ1v) is 10.3. The monoisotopic (exact) mass is 469 g/mol. The van der Waals surface area contributed by atoms with Gasteiger partial charge in [0.2, 0.25) is 6.79 Å². The van der Waals surface area contributed by atoms with E-state index in [-0.39, 0.29) is 23.6 Å². The summed E-state index contributed by atoms with van der Waals surface area (Å²) in [6.07, 6.45) is 0. The Kier molecular flexibility index (Phi) is 6.30. The SMILES string of the molecule is CC(=NNC(=O)c1ccc2c(c1)OCO2)c1cccc(NC(=O)c2ccc(Cl)cc2Cl)c1. The maximum Gasteiger partial charge on any atom is 0.271 e. The van der Waals surface area contributed by atoms with Crippen molar-refractivity contribution in [3.05, 3.63) is 87.4 Å². The van der Waals surface area contributed by atoms with Crippen LogP contribution in [0.5, 0.6) is 11.5 Å². The zero-order chi connectivity index (χ0) is 22.7. The number of anilines is 1. The number of amides is 2. The van der Waals surface area contributed by atoms with Gasteiger partial charge in [-0.3, -0.25) is 9.59 Å². The van der Waals surface area contributed by atoms with E-state index in [4.69, 9.17) is 32.7 Å². The normalized spacial score (nSPS) is 12.4. The number of carbonyl (C=O) groups is 2. The van der Waals surface area contributed by atoms with Gasteiger partial charge in [-0.1, -0.05) is 35.3 Å². The minimum atomic E-state index is -0.385. The lowest BCUT2D eigenvalue weighted by Gasteiger charge is -2.09. The van der Waals surface area contributed by atoms with E-state index < -0.39 is 0 Å². The Morgan fingerprint density at radius 1 is 0.906 bits per heavy atom. The van der Waals surface area contributed by atoms with Crippen LogP contribution >= 0.6 is 23.2 Å². The first-order valence-electron chi connectivity index (χ1n) is 9.52. The molecule has 162 valence electrons. The Morgan fingerprint density at radius 3 is 2.53 bits per heavy atom. The molecule has 0 unspecified atom stereocenters.